The van der Waals surface area contributed by atoms with E-state index >= 15 is 0 Å². The van der Waals surface area contributed by atoms with Gasteiger partial charge in [0.25, 0.3) is 0 Å². The molecule has 0 aliphatic carbocycles. The zero-order valence-electron chi connectivity index (χ0n) is 15.1. The summed E-state index contributed by atoms with van der Waals surface area (Å²) in [7, 11) is -3.28. The van der Waals surface area contributed by atoms with Crippen LogP contribution in [0.4, 0.5) is 0 Å². The molecule has 3 aromatic rings. The van der Waals surface area contributed by atoms with E-state index in [-0.39, 0.29) is 20.4 Å². The van der Waals surface area contributed by atoms with Gasteiger partial charge in [-0.1, -0.05) is 0 Å². The van der Waals surface area contributed by atoms with Crippen molar-refractivity contribution in [3.63, 3.8) is 0 Å². The van der Waals surface area contributed by atoms with Crippen LogP contribution in [0.25, 0.3) is 0 Å². The summed E-state index contributed by atoms with van der Waals surface area (Å²) in [6.45, 7) is 0.450. The molecule has 0 N–H and O–H groups in total. The Morgan fingerprint density at radius 3 is 1.14 bits per heavy atom. The number of fused-ring (bicyclic) bond motifs is 3. The van der Waals surface area contributed by atoms with Gasteiger partial charge in [0, 0.05) is 15.9 Å². The van der Waals surface area contributed by atoms with E-state index in [9.17, 15) is 4.57 Å². The van der Waals surface area contributed by atoms with Crippen LogP contribution in [0.3, 0.4) is 0 Å². The molecular formula is C21H15O7P. The van der Waals surface area contributed by atoms with Crippen LogP contribution in [0.15, 0.2) is 54.6 Å². The maximum atomic E-state index is 14.7. The van der Waals surface area contributed by atoms with E-state index in [1.54, 1.807) is 36.4 Å². The van der Waals surface area contributed by atoms with E-state index in [4.69, 9.17) is 28.4 Å². The van der Waals surface area contributed by atoms with Crippen LogP contribution in [-0.4, -0.2) is 20.4 Å². The van der Waals surface area contributed by atoms with E-state index in [0.717, 1.165) is 0 Å². The minimum Gasteiger partial charge on any atom is -0.454 e. The Kier molecular flexibility index (Phi) is 3.49. The molecule has 0 amide bonds. The van der Waals surface area contributed by atoms with E-state index in [1.807, 2.05) is 18.2 Å². The zero-order valence-corrected chi connectivity index (χ0v) is 16.0. The third-order valence-electron chi connectivity index (χ3n) is 5.16. The topological polar surface area (TPSA) is 72.5 Å². The molecule has 0 atom stereocenters. The maximum absolute atomic E-state index is 14.7. The van der Waals surface area contributed by atoms with Crippen molar-refractivity contribution in [2.75, 3.05) is 20.4 Å². The largest absolute Gasteiger partial charge is 0.454 e. The van der Waals surface area contributed by atoms with Gasteiger partial charge in [-0.3, -0.25) is 0 Å². The molecule has 0 saturated heterocycles. The van der Waals surface area contributed by atoms with Gasteiger partial charge in [0.2, 0.25) is 20.4 Å². The highest BCUT2D eigenvalue weighted by Gasteiger charge is 2.34. The van der Waals surface area contributed by atoms with Crippen LogP contribution in [0, 0.1) is 0 Å². The number of hydrogen-bond donors (Lipinski definition) is 0. The molecule has 146 valence electrons. The second kappa shape index (κ2) is 6.09. The van der Waals surface area contributed by atoms with Gasteiger partial charge >= 0.3 is 0 Å². The average molecular weight is 410 g/mol. The molecule has 0 fully saturated rings. The first kappa shape index (κ1) is 16.6. The SMILES string of the molecule is O=P(c1ccc2c(c1)OCO2)(c1ccc2c(c1)OCO2)c1ccc2c(c1)OCO2. The minimum atomic E-state index is -3.28. The molecule has 29 heavy (non-hydrogen) atoms. The number of rotatable bonds is 3. The Morgan fingerprint density at radius 1 is 0.483 bits per heavy atom. The van der Waals surface area contributed by atoms with Crippen LogP contribution in [0.2, 0.25) is 0 Å². The van der Waals surface area contributed by atoms with E-state index < -0.39 is 7.14 Å². The monoisotopic (exact) mass is 410 g/mol. The first-order chi connectivity index (χ1) is 14.2. The van der Waals surface area contributed by atoms with Gasteiger partial charge in [-0.2, -0.15) is 0 Å². The molecule has 6 rings (SSSR count). The molecule has 7 nitrogen and oxygen atoms in total. The van der Waals surface area contributed by atoms with Crippen molar-refractivity contribution in [3.05, 3.63) is 54.6 Å². The lowest BCUT2D eigenvalue weighted by Gasteiger charge is -2.21. The standard InChI is InChI=1S/C21H15O7P/c22-29(13-1-4-16-19(7-13)26-10-23-16,14-2-5-17-20(8-14)27-11-24-17)15-3-6-18-21(9-15)28-12-25-18/h1-9H,10-12H2. The molecular weight excluding hydrogens is 395 g/mol. The van der Waals surface area contributed by atoms with Crippen LogP contribution in [0.1, 0.15) is 0 Å². The molecule has 0 saturated carbocycles. The fourth-order valence-electron chi connectivity index (χ4n) is 3.69. The number of benzene rings is 3. The van der Waals surface area contributed by atoms with Crippen LogP contribution in [0.5, 0.6) is 34.5 Å². The first-order valence-corrected chi connectivity index (χ1v) is 10.7. The molecule has 0 spiro atoms. The average Bonchev–Trinajstić information content (AvgIpc) is 3.51. The molecule has 0 radical (unpaired) electrons. The van der Waals surface area contributed by atoms with Gasteiger partial charge in [0.1, 0.15) is 0 Å². The lowest BCUT2D eigenvalue weighted by Crippen LogP contribution is -2.25. The van der Waals surface area contributed by atoms with Crippen LogP contribution < -0.4 is 44.3 Å². The van der Waals surface area contributed by atoms with Crippen molar-refractivity contribution in [1.29, 1.82) is 0 Å². The summed E-state index contributed by atoms with van der Waals surface area (Å²) < 4.78 is 47.5. The van der Waals surface area contributed by atoms with Crippen LogP contribution in [-0.2, 0) is 4.57 Å². The minimum absolute atomic E-state index is 0.150. The van der Waals surface area contributed by atoms with E-state index in [0.29, 0.717) is 50.4 Å². The smallest absolute Gasteiger partial charge is 0.231 e. The summed E-state index contributed by atoms with van der Waals surface area (Å²) in [6, 6.07) is 16.1. The van der Waals surface area contributed by atoms with Crippen molar-refractivity contribution >= 4 is 23.1 Å². The van der Waals surface area contributed by atoms with E-state index in [2.05, 4.69) is 0 Å². The lowest BCUT2D eigenvalue weighted by atomic mass is 10.3. The Balaban J connectivity index is 1.57. The quantitative estimate of drug-likeness (QED) is 0.615. The zero-order chi connectivity index (χ0) is 19.4. The molecule has 8 heteroatoms. The second-order valence-electron chi connectivity index (χ2n) is 6.72. The molecule has 3 aliphatic heterocycles. The van der Waals surface area contributed by atoms with Gasteiger partial charge in [-0.25, -0.2) is 0 Å². The fourth-order valence-corrected chi connectivity index (χ4v) is 6.34. The third kappa shape index (κ3) is 2.47. The molecule has 0 bridgehead atoms. The summed E-state index contributed by atoms with van der Waals surface area (Å²) in [6.07, 6.45) is 0. The predicted octanol–water partition coefficient (Wildman–Crippen LogP) is 2.51. The van der Waals surface area contributed by atoms with Crippen molar-refractivity contribution in [1.82, 2.24) is 0 Å². The highest BCUT2D eigenvalue weighted by Crippen LogP contribution is 2.48. The summed E-state index contributed by atoms with van der Waals surface area (Å²) in [4.78, 5) is 0. The Morgan fingerprint density at radius 2 is 0.793 bits per heavy atom. The highest BCUT2D eigenvalue weighted by atomic mass is 31.2. The number of hydrogen-bond acceptors (Lipinski definition) is 7. The van der Waals surface area contributed by atoms with Gasteiger partial charge < -0.3 is 33.0 Å². The summed E-state index contributed by atoms with van der Waals surface area (Å²) in [5.41, 5.74) is 0. The van der Waals surface area contributed by atoms with Crippen molar-refractivity contribution in [3.8, 4) is 34.5 Å². The Hall–Kier alpha value is -3.31. The van der Waals surface area contributed by atoms with Gasteiger partial charge in [-0.15, -0.1) is 0 Å². The van der Waals surface area contributed by atoms with E-state index in [1.165, 1.54) is 0 Å². The molecule has 0 unspecified atom stereocenters. The third-order valence-corrected chi connectivity index (χ3v) is 8.18. The van der Waals surface area contributed by atoms with Gasteiger partial charge in [0.05, 0.1) is 0 Å². The molecule has 3 heterocycles. The molecule has 0 aromatic heterocycles. The normalized spacial score (nSPS) is 15.6. The predicted molar refractivity (Wildman–Crippen MR) is 104 cm³/mol. The summed E-state index contributed by atoms with van der Waals surface area (Å²) >= 11 is 0. The second-order valence-corrected chi connectivity index (χ2v) is 9.49. The highest BCUT2D eigenvalue weighted by molar-refractivity contribution is 7.85. The Labute approximate surface area is 166 Å². The van der Waals surface area contributed by atoms with Crippen molar-refractivity contribution in [2.45, 2.75) is 0 Å². The maximum Gasteiger partial charge on any atom is 0.231 e. The Bertz CT molecular complexity index is 1040. The summed E-state index contributed by atoms with van der Waals surface area (Å²) in [5, 5.41) is 1.87. The first-order valence-electron chi connectivity index (χ1n) is 9.02. The van der Waals surface area contributed by atoms with Gasteiger partial charge in [-0.05, 0) is 54.6 Å². The van der Waals surface area contributed by atoms with Crippen molar-refractivity contribution in [2.24, 2.45) is 0 Å². The molecule has 3 aliphatic rings. The van der Waals surface area contributed by atoms with Crippen LogP contribution >= 0.6 is 7.14 Å². The van der Waals surface area contributed by atoms with Gasteiger partial charge in [0.15, 0.2) is 41.6 Å². The lowest BCUT2D eigenvalue weighted by molar-refractivity contribution is 0.173. The fraction of sp³-hybridized carbons (Fsp3) is 0.143. The number of ether oxygens (including phenoxy) is 6. The molecule has 3 aromatic carbocycles. The summed E-state index contributed by atoms with van der Waals surface area (Å²) in [5.74, 6) is 3.63. The van der Waals surface area contributed by atoms with Crippen molar-refractivity contribution < 1.29 is 33.0 Å².